The van der Waals surface area contributed by atoms with Crippen LogP contribution in [0.3, 0.4) is 0 Å². The van der Waals surface area contributed by atoms with Crippen molar-refractivity contribution in [3.8, 4) is 17.2 Å². The maximum atomic E-state index is 13.4. The summed E-state index contributed by atoms with van der Waals surface area (Å²) in [5, 5.41) is 11.4. The number of rotatable bonds is 5. The number of oxazole rings is 1. The van der Waals surface area contributed by atoms with Crippen LogP contribution in [0.4, 0.5) is 0 Å². The summed E-state index contributed by atoms with van der Waals surface area (Å²) in [5.74, 6) is -0.568. The van der Waals surface area contributed by atoms with E-state index in [1.54, 1.807) is 55.6 Å². The van der Waals surface area contributed by atoms with Gasteiger partial charge in [-0.05, 0) is 61.0 Å². The number of phenolic OH excluding ortho intramolecular Hbond substituents is 1. The number of halogens is 2. The molecule has 2 aromatic carbocycles. The number of hydrogen-bond acceptors (Lipinski definition) is 6. The molecule has 0 aliphatic carbocycles. The topological polar surface area (TPSA) is 98.2 Å². The van der Waals surface area contributed by atoms with E-state index in [9.17, 15) is 14.7 Å². The molecule has 7 nitrogen and oxygen atoms in total. The molecule has 0 saturated heterocycles. The zero-order valence-electron chi connectivity index (χ0n) is 18.3. The predicted molar refractivity (Wildman–Crippen MR) is 132 cm³/mol. The monoisotopic (exact) mass is 505 g/mol. The van der Waals surface area contributed by atoms with Gasteiger partial charge in [-0.2, -0.15) is 0 Å². The number of hydrogen-bond donors (Lipinski definition) is 1. The zero-order chi connectivity index (χ0) is 24.7. The average molecular weight is 506 g/mol. The Balaban J connectivity index is 1.56. The summed E-state index contributed by atoms with van der Waals surface area (Å²) < 4.78 is 7.13. The first kappa shape index (κ1) is 22.8. The third kappa shape index (κ3) is 4.20. The molecule has 35 heavy (non-hydrogen) atoms. The van der Waals surface area contributed by atoms with Crippen LogP contribution >= 0.6 is 23.2 Å². The molecule has 0 fully saturated rings. The van der Waals surface area contributed by atoms with Crippen LogP contribution in [0.25, 0.3) is 22.4 Å². The Kier molecular flexibility index (Phi) is 5.88. The highest BCUT2D eigenvalue weighted by molar-refractivity contribution is 6.33. The lowest BCUT2D eigenvalue weighted by Crippen LogP contribution is -2.14. The predicted octanol–water partition coefficient (Wildman–Crippen LogP) is 6.13. The molecule has 5 aromatic rings. The van der Waals surface area contributed by atoms with Crippen LogP contribution in [0.5, 0.6) is 5.75 Å². The molecule has 1 N–H and O–H groups in total. The lowest BCUT2D eigenvalue weighted by Gasteiger charge is -2.08. The molecule has 3 heterocycles. The summed E-state index contributed by atoms with van der Waals surface area (Å²) >= 11 is 12.1. The Bertz CT molecular complexity index is 1590. The van der Waals surface area contributed by atoms with Crippen molar-refractivity contribution in [3.63, 3.8) is 0 Å². The molecule has 0 bridgehead atoms. The van der Waals surface area contributed by atoms with Gasteiger partial charge in [-0.15, -0.1) is 0 Å². The number of aromatic hydroxyl groups is 1. The number of carbonyl (C=O) groups is 2. The number of ketones is 1. The Morgan fingerprint density at radius 1 is 1.06 bits per heavy atom. The van der Waals surface area contributed by atoms with E-state index in [1.807, 2.05) is 0 Å². The van der Waals surface area contributed by atoms with Gasteiger partial charge in [0.1, 0.15) is 11.4 Å². The van der Waals surface area contributed by atoms with Crippen LogP contribution in [-0.2, 0) is 6.42 Å². The average Bonchev–Trinajstić information content (AvgIpc) is 3.44. The van der Waals surface area contributed by atoms with E-state index in [0.717, 1.165) is 0 Å². The van der Waals surface area contributed by atoms with E-state index in [2.05, 4.69) is 9.97 Å². The third-order valence-corrected chi connectivity index (χ3v) is 6.25. The number of phenols is 1. The van der Waals surface area contributed by atoms with Gasteiger partial charge in [0, 0.05) is 34.3 Å². The van der Waals surface area contributed by atoms with E-state index in [0.29, 0.717) is 44.2 Å². The number of benzene rings is 2. The molecule has 0 spiro atoms. The fourth-order valence-electron chi connectivity index (χ4n) is 3.96. The molecule has 9 heteroatoms. The van der Waals surface area contributed by atoms with Gasteiger partial charge in [-0.1, -0.05) is 29.3 Å². The molecule has 0 unspecified atom stereocenters. The van der Waals surface area contributed by atoms with Gasteiger partial charge in [0.2, 0.25) is 5.78 Å². The standard InChI is InChI=1S/C26H17Cl2N3O4/c1-14-17(10-23(33)25-30-13-24(35-25)20-4-2-3-9-29-20)18-11-22(32)19(28)12-21(18)31(14)26(34)15-5-7-16(27)8-6-15/h2-9,11-13,32H,10H2,1H3. The van der Waals surface area contributed by atoms with Crippen molar-refractivity contribution >= 4 is 45.8 Å². The van der Waals surface area contributed by atoms with Gasteiger partial charge in [0.25, 0.3) is 11.8 Å². The summed E-state index contributed by atoms with van der Waals surface area (Å²) in [7, 11) is 0. The zero-order valence-corrected chi connectivity index (χ0v) is 19.8. The van der Waals surface area contributed by atoms with Crippen molar-refractivity contribution in [2.75, 3.05) is 0 Å². The highest BCUT2D eigenvalue weighted by Crippen LogP contribution is 2.35. The molecule has 0 amide bonds. The van der Waals surface area contributed by atoms with Crippen LogP contribution in [0, 0.1) is 6.92 Å². The summed E-state index contributed by atoms with van der Waals surface area (Å²) in [6.07, 6.45) is 2.96. The maximum absolute atomic E-state index is 13.4. The molecule has 0 atom stereocenters. The third-order valence-electron chi connectivity index (χ3n) is 5.70. The van der Waals surface area contributed by atoms with Crippen molar-refractivity contribution in [1.82, 2.24) is 14.5 Å². The molecule has 0 saturated carbocycles. The van der Waals surface area contributed by atoms with Crippen molar-refractivity contribution < 1.29 is 19.1 Å². The Labute approximate surface area is 209 Å². The summed E-state index contributed by atoms with van der Waals surface area (Å²) in [6.45, 7) is 1.73. The molecule has 0 aliphatic heterocycles. The van der Waals surface area contributed by atoms with Crippen LogP contribution in [0.15, 0.2) is 71.4 Å². The lowest BCUT2D eigenvalue weighted by molar-refractivity contribution is 0.0948. The Morgan fingerprint density at radius 3 is 2.54 bits per heavy atom. The van der Waals surface area contributed by atoms with Crippen LogP contribution in [0.2, 0.25) is 10.0 Å². The van der Waals surface area contributed by atoms with Crippen molar-refractivity contribution in [2.24, 2.45) is 0 Å². The second-order valence-corrected chi connectivity index (χ2v) is 8.72. The maximum Gasteiger partial charge on any atom is 0.264 e. The van der Waals surface area contributed by atoms with E-state index in [1.165, 1.54) is 22.9 Å². The fourth-order valence-corrected chi connectivity index (χ4v) is 4.25. The first-order chi connectivity index (χ1) is 16.8. The normalized spacial score (nSPS) is 11.2. The van der Waals surface area contributed by atoms with Gasteiger partial charge in [-0.25, -0.2) is 4.98 Å². The van der Waals surface area contributed by atoms with Crippen LogP contribution in [0.1, 0.15) is 32.3 Å². The van der Waals surface area contributed by atoms with Crippen molar-refractivity contribution in [3.05, 3.63) is 99.7 Å². The van der Waals surface area contributed by atoms with Gasteiger partial charge >= 0.3 is 0 Å². The van der Waals surface area contributed by atoms with E-state index in [-0.39, 0.29) is 34.8 Å². The van der Waals surface area contributed by atoms with Crippen LogP contribution < -0.4 is 0 Å². The van der Waals surface area contributed by atoms with E-state index < -0.39 is 0 Å². The minimum Gasteiger partial charge on any atom is -0.506 e. The second-order valence-electron chi connectivity index (χ2n) is 7.88. The highest BCUT2D eigenvalue weighted by Gasteiger charge is 2.25. The van der Waals surface area contributed by atoms with Crippen molar-refractivity contribution in [2.45, 2.75) is 13.3 Å². The molecule has 5 rings (SSSR count). The molecule has 0 aliphatic rings. The van der Waals surface area contributed by atoms with Gasteiger partial charge in [0.15, 0.2) is 5.76 Å². The van der Waals surface area contributed by atoms with Gasteiger partial charge in [0.05, 0.1) is 16.7 Å². The fraction of sp³-hybridized carbons (Fsp3) is 0.0769. The first-order valence-electron chi connectivity index (χ1n) is 10.6. The molecule has 174 valence electrons. The molecule has 3 aromatic heterocycles. The summed E-state index contributed by atoms with van der Waals surface area (Å²) in [5.41, 5.74) is 2.52. The Morgan fingerprint density at radius 2 is 1.83 bits per heavy atom. The number of pyridine rings is 1. The van der Waals surface area contributed by atoms with Gasteiger partial charge < -0.3 is 9.52 Å². The lowest BCUT2D eigenvalue weighted by atomic mass is 10.0. The number of aromatic nitrogens is 3. The minimum absolute atomic E-state index is 0.0758. The number of nitrogens with zero attached hydrogens (tertiary/aromatic N) is 3. The highest BCUT2D eigenvalue weighted by atomic mass is 35.5. The quantitative estimate of drug-likeness (QED) is 0.288. The molecular weight excluding hydrogens is 489 g/mol. The SMILES string of the molecule is Cc1c(CC(=O)c2ncc(-c3ccccn3)o2)c2cc(O)c(Cl)cc2n1C(=O)c1ccc(Cl)cc1. The minimum atomic E-state index is -0.386. The smallest absolute Gasteiger partial charge is 0.264 e. The summed E-state index contributed by atoms with van der Waals surface area (Å²) in [6, 6.07) is 14.8. The van der Waals surface area contributed by atoms with Gasteiger partial charge in [-0.3, -0.25) is 19.1 Å². The van der Waals surface area contributed by atoms with Crippen molar-refractivity contribution in [1.29, 1.82) is 0 Å². The van der Waals surface area contributed by atoms with Crippen LogP contribution in [-0.4, -0.2) is 31.3 Å². The molecule has 0 radical (unpaired) electrons. The first-order valence-corrected chi connectivity index (χ1v) is 11.3. The number of carbonyl (C=O) groups excluding carboxylic acids is 2. The second kappa shape index (κ2) is 9.02. The van der Waals surface area contributed by atoms with E-state index >= 15 is 0 Å². The van der Waals surface area contributed by atoms with E-state index in [4.69, 9.17) is 27.6 Å². The number of fused-ring (bicyclic) bond motifs is 1. The summed E-state index contributed by atoms with van der Waals surface area (Å²) in [4.78, 5) is 34.8. The Hall–Kier alpha value is -3.94. The largest absolute Gasteiger partial charge is 0.506 e. The number of Topliss-reactive ketones (excluding diaryl/α,β-unsaturated/α-hetero) is 1. The molecular formula is C26H17Cl2N3O4.